The molecule has 0 aliphatic heterocycles. The number of aryl methyl sites for hydroxylation is 1. The van der Waals surface area contributed by atoms with E-state index < -0.39 is 11.1 Å². The summed E-state index contributed by atoms with van der Waals surface area (Å²) < 4.78 is 1.48. The first-order valence-electron chi connectivity index (χ1n) is 5.51. The predicted molar refractivity (Wildman–Crippen MR) is 70.0 cm³/mol. The van der Waals surface area contributed by atoms with Crippen LogP contribution in [-0.2, 0) is 7.05 Å². The molecule has 0 spiro atoms. The number of alkyl halides is 1. The van der Waals surface area contributed by atoms with E-state index in [1.807, 2.05) is 0 Å². The summed E-state index contributed by atoms with van der Waals surface area (Å²) in [5.74, 6) is 1.59. The van der Waals surface area contributed by atoms with Crippen molar-refractivity contribution in [1.82, 2.24) is 14.8 Å². The van der Waals surface area contributed by atoms with Crippen molar-refractivity contribution in [3.63, 3.8) is 0 Å². The van der Waals surface area contributed by atoms with Gasteiger partial charge in [-0.3, -0.25) is 19.4 Å². The van der Waals surface area contributed by atoms with Gasteiger partial charge in [0.1, 0.15) is 0 Å². The summed E-state index contributed by atoms with van der Waals surface area (Å²) in [5, 5.41) is 2.96. The molecule has 0 aliphatic rings. The van der Waals surface area contributed by atoms with Crippen LogP contribution in [0.2, 0.25) is 0 Å². The summed E-state index contributed by atoms with van der Waals surface area (Å²) in [4.78, 5) is 25.7. The molecule has 7 heteroatoms. The van der Waals surface area contributed by atoms with E-state index >= 15 is 0 Å². The molecular weight excluding hydrogens is 262 g/mol. The Hall–Kier alpha value is -0.750. The Morgan fingerprint density at radius 3 is 2.71 bits per heavy atom. The van der Waals surface area contributed by atoms with Crippen molar-refractivity contribution in [2.75, 3.05) is 11.6 Å². The summed E-state index contributed by atoms with van der Waals surface area (Å²) in [7, 11) is 1.67. The van der Waals surface area contributed by atoms with Crippen LogP contribution < -0.4 is 11.1 Å². The minimum absolute atomic E-state index is 0.548. The van der Waals surface area contributed by atoms with Crippen LogP contribution in [0.5, 0.6) is 0 Å². The Morgan fingerprint density at radius 1 is 1.29 bits per heavy atom. The lowest BCUT2D eigenvalue weighted by atomic mass is 10.2. The fourth-order valence-corrected chi connectivity index (χ4v) is 2.41. The first-order chi connectivity index (χ1) is 8.15. The van der Waals surface area contributed by atoms with Crippen LogP contribution in [0, 0.1) is 0 Å². The Labute approximate surface area is 109 Å². The SMILES string of the molecule is Cn1[nH]c(=O)c(=O)nc1SCCCCCCCl. The zero-order valence-electron chi connectivity index (χ0n) is 9.74. The first-order valence-corrected chi connectivity index (χ1v) is 7.03. The van der Waals surface area contributed by atoms with Gasteiger partial charge in [-0.15, -0.1) is 11.6 Å². The van der Waals surface area contributed by atoms with Crippen molar-refractivity contribution in [2.24, 2.45) is 7.05 Å². The third-order valence-corrected chi connectivity index (χ3v) is 3.59. The number of H-pyrrole nitrogens is 1. The molecule has 0 atom stereocenters. The highest BCUT2D eigenvalue weighted by Gasteiger charge is 2.03. The van der Waals surface area contributed by atoms with Gasteiger partial charge in [0.2, 0.25) is 0 Å². The smallest absolute Gasteiger partial charge is 0.265 e. The van der Waals surface area contributed by atoms with E-state index in [2.05, 4.69) is 10.1 Å². The highest BCUT2D eigenvalue weighted by molar-refractivity contribution is 7.99. The number of aromatic nitrogens is 3. The molecule has 1 heterocycles. The molecule has 0 bridgehead atoms. The van der Waals surface area contributed by atoms with E-state index in [4.69, 9.17) is 11.6 Å². The number of aromatic amines is 1. The monoisotopic (exact) mass is 277 g/mol. The second kappa shape index (κ2) is 7.55. The average molecular weight is 278 g/mol. The van der Waals surface area contributed by atoms with Gasteiger partial charge in [-0.25, -0.2) is 0 Å². The normalized spacial score (nSPS) is 10.7. The minimum atomic E-state index is -0.729. The quantitative estimate of drug-likeness (QED) is 0.354. The largest absolute Gasteiger partial charge is 0.339 e. The lowest BCUT2D eigenvalue weighted by Crippen LogP contribution is -2.33. The van der Waals surface area contributed by atoms with Crippen LogP contribution in [0.4, 0.5) is 0 Å². The Kier molecular flexibility index (Phi) is 6.36. The summed E-state index contributed by atoms with van der Waals surface area (Å²) in [6, 6.07) is 0. The van der Waals surface area contributed by atoms with E-state index in [0.717, 1.165) is 31.4 Å². The van der Waals surface area contributed by atoms with Crippen LogP contribution in [0.1, 0.15) is 25.7 Å². The maximum absolute atomic E-state index is 11.1. The lowest BCUT2D eigenvalue weighted by molar-refractivity contribution is 0.595. The number of hydrogen-bond donors (Lipinski definition) is 1. The van der Waals surface area contributed by atoms with E-state index in [0.29, 0.717) is 11.0 Å². The summed E-state index contributed by atoms with van der Waals surface area (Å²) in [6.45, 7) is 0. The van der Waals surface area contributed by atoms with Crippen molar-refractivity contribution in [3.05, 3.63) is 20.7 Å². The molecule has 0 aliphatic carbocycles. The zero-order valence-corrected chi connectivity index (χ0v) is 11.3. The van der Waals surface area contributed by atoms with Gasteiger partial charge < -0.3 is 0 Å². The van der Waals surface area contributed by atoms with E-state index in [1.165, 1.54) is 16.4 Å². The number of hydrogen-bond acceptors (Lipinski definition) is 4. The van der Waals surface area contributed by atoms with Crippen LogP contribution in [0.3, 0.4) is 0 Å². The fraction of sp³-hybridized carbons (Fsp3) is 0.700. The van der Waals surface area contributed by atoms with Gasteiger partial charge in [-0.2, -0.15) is 4.98 Å². The second-order valence-electron chi connectivity index (χ2n) is 3.65. The van der Waals surface area contributed by atoms with Gasteiger partial charge in [-0.05, 0) is 12.8 Å². The van der Waals surface area contributed by atoms with Gasteiger partial charge >= 0.3 is 11.1 Å². The molecule has 17 heavy (non-hydrogen) atoms. The standard InChI is InChI=1S/C10H16ClN3O2S/c1-14-10(12-8(15)9(16)13-14)17-7-5-3-2-4-6-11/h2-7H2,1H3,(H,13,16). The van der Waals surface area contributed by atoms with Crippen molar-refractivity contribution in [1.29, 1.82) is 0 Å². The molecule has 0 aromatic carbocycles. The molecule has 1 aromatic heterocycles. The minimum Gasteiger partial charge on any atom is -0.265 e. The van der Waals surface area contributed by atoms with Gasteiger partial charge in [0.25, 0.3) is 0 Å². The molecule has 1 aromatic rings. The molecule has 0 radical (unpaired) electrons. The van der Waals surface area contributed by atoms with Crippen molar-refractivity contribution in [2.45, 2.75) is 30.8 Å². The molecule has 0 saturated heterocycles. The third kappa shape index (κ3) is 4.95. The Balaban J connectivity index is 2.39. The summed E-state index contributed by atoms with van der Waals surface area (Å²) in [6.07, 6.45) is 4.34. The van der Waals surface area contributed by atoms with Gasteiger partial charge in [0, 0.05) is 18.7 Å². The molecule has 0 amide bonds. The second-order valence-corrected chi connectivity index (χ2v) is 5.09. The maximum Gasteiger partial charge on any atom is 0.339 e. The van der Waals surface area contributed by atoms with Crippen LogP contribution in [0.15, 0.2) is 14.7 Å². The highest BCUT2D eigenvalue weighted by atomic mass is 35.5. The molecule has 0 fully saturated rings. The number of halogens is 1. The number of thioether (sulfide) groups is 1. The number of nitrogens with zero attached hydrogens (tertiary/aromatic N) is 2. The highest BCUT2D eigenvalue weighted by Crippen LogP contribution is 2.14. The average Bonchev–Trinajstić information content (AvgIpc) is 2.30. The van der Waals surface area contributed by atoms with Crippen LogP contribution in [0.25, 0.3) is 0 Å². The number of nitrogens with one attached hydrogen (secondary N) is 1. The summed E-state index contributed by atoms with van der Waals surface area (Å²) >= 11 is 7.05. The molecule has 5 nitrogen and oxygen atoms in total. The molecule has 96 valence electrons. The van der Waals surface area contributed by atoms with Gasteiger partial charge in [-0.1, -0.05) is 24.6 Å². The Bertz CT molecular complexity index is 458. The zero-order chi connectivity index (χ0) is 12.7. The van der Waals surface area contributed by atoms with E-state index in [9.17, 15) is 9.59 Å². The molecule has 1 N–H and O–H groups in total. The van der Waals surface area contributed by atoms with Crippen molar-refractivity contribution >= 4 is 23.4 Å². The molecular formula is C10H16ClN3O2S. The van der Waals surface area contributed by atoms with Gasteiger partial charge in [0.05, 0.1) is 0 Å². The topological polar surface area (TPSA) is 67.8 Å². The lowest BCUT2D eigenvalue weighted by Gasteiger charge is -2.05. The molecule has 0 saturated carbocycles. The number of unbranched alkanes of at least 4 members (excludes halogenated alkanes) is 3. The fourth-order valence-electron chi connectivity index (χ4n) is 1.30. The maximum atomic E-state index is 11.1. The summed E-state index contributed by atoms with van der Waals surface area (Å²) in [5.41, 5.74) is -1.41. The van der Waals surface area contributed by atoms with Crippen molar-refractivity contribution < 1.29 is 0 Å². The van der Waals surface area contributed by atoms with Gasteiger partial charge in [0.15, 0.2) is 5.16 Å². The third-order valence-electron chi connectivity index (χ3n) is 2.21. The number of rotatable bonds is 7. The predicted octanol–water partition coefficient (Wildman–Crippen LogP) is 1.36. The van der Waals surface area contributed by atoms with E-state index in [1.54, 1.807) is 7.05 Å². The van der Waals surface area contributed by atoms with E-state index in [-0.39, 0.29) is 0 Å². The van der Waals surface area contributed by atoms with Crippen molar-refractivity contribution in [3.8, 4) is 0 Å². The van der Waals surface area contributed by atoms with Crippen LogP contribution in [-0.4, -0.2) is 26.4 Å². The van der Waals surface area contributed by atoms with Crippen LogP contribution >= 0.6 is 23.4 Å². The first kappa shape index (κ1) is 14.3. The molecule has 0 unspecified atom stereocenters. The molecule has 1 rings (SSSR count). The Morgan fingerprint density at radius 2 is 2.00 bits per heavy atom.